The highest BCUT2D eigenvalue weighted by Crippen LogP contribution is 2.26. The van der Waals surface area contributed by atoms with Crippen LogP contribution in [-0.2, 0) is 20.8 Å². The molecule has 2 aromatic rings. The Morgan fingerprint density at radius 2 is 2.12 bits per heavy atom. The molecule has 0 spiro atoms. The normalized spacial score (nSPS) is 15.7. The zero-order chi connectivity index (χ0) is 17.6. The largest absolute Gasteiger partial charge is 0.475 e. The number of aliphatic imine (C=N–C) groups is 1. The van der Waals surface area contributed by atoms with E-state index < -0.39 is 12.0 Å². The van der Waals surface area contributed by atoms with Crippen molar-refractivity contribution in [2.75, 3.05) is 13.7 Å². The van der Waals surface area contributed by atoms with Crippen LogP contribution < -0.4 is 0 Å². The van der Waals surface area contributed by atoms with Crippen molar-refractivity contribution in [1.29, 1.82) is 0 Å². The predicted molar refractivity (Wildman–Crippen MR) is 93.0 cm³/mol. The molecule has 2 aromatic carbocycles. The SMILES string of the molecule is COC(=O)C1COC(c2cccc(-c3ccccc3CN=[N+]=[N-])c2)=N1. The molecule has 7 heteroatoms. The van der Waals surface area contributed by atoms with Gasteiger partial charge in [-0.05, 0) is 34.4 Å². The minimum absolute atomic E-state index is 0.180. The van der Waals surface area contributed by atoms with Gasteiger partial charge in [0.2, 0.25) is 5.90 Å². The van der Waals surface area contributed by atoms with Crippen LogP contribution in [0.1, 0.15) is 11.1 Å². The van der Waals surface area contributed by atoms with Gasteiger partial charge >= 0.3 is 5.97 Å². The topological polar surface area (TPSA) is 96.7 Å². The van der Waals surface area contributed by atoms with Gasteiger partial charge in [0.15, 0.2) is 6.04 Å². The molecule has 1 aliphatic rings. The second-order valence-electron chi connectivity index (χ2n) is 5.41. The minimum Gasteiger partial charge on any atom is -0.475 e. The Morgan fingerprint density at radius 3 is 2.92 bits per heavy atom. The van der Waals surface area contributed by atoms with Gasteiger partial charge in [0.05, 0.1) is 13.7 Å². The molecule has 0 bridgehead atoms. The van der Waals surface area contributed by atoms with Crippen LogP contribution in [0.4, 0.5) is 0 Å². The Morgan fingerprint density at radius 1 is 1.32 bits per heavy atom. The zero-order valence-corrected chi connectivity index (χ0v) is 13.6. The Kier molecular flexibility index (Phi) is 4.97. The van der Waals surface area contributed by atoms with Crippen LogP contribution >= 0.6 is 0 Å². The third-order valence-electron chi connectivity index (χ3n) is 3.87. The van der Waals surface area contributed by atoms with Crippen molar-refractivity contribution in [3.8, 4) is 11.1 Å². The average Bonchev–Trinajstić information content (AvgIpc) is 3.16. The summed E-state index contributed by atoms with van der Waals surface area (Å²) < 4.78 is 10.2. The highest BCUT2D eigenvalue weighted by Gasteiger charge is 2.27. The number of esters is 1. The molecule has 126 valence electrons. The van der Waals surface area contributed by atoms with Gasteiger partial charge in [-0.25, -0.2) is 9.79 Å². The second kappa shape index (κ2) is 7.51. The summed E-state index contributed by atoms with van der Waals surface area (Å²) in [6.07, 6.45) is 0. The number of hydrogen-bond donors (Lipinski definition) is 0. The van der Waals surface area contributed by atoms with Crippen molar-refractivity contribution in [1.82, 2.24) is 0 Å². The average molecular weight is 336 g/mol. The summed E-state index contributed by atoms with van der Waals surface area (Å²) in [5.74, 6) is 0.00985. The number of hydrogen-bond acceptors (Lipinski definition) is 5. The first-order valence-electron chi connectivity index (χ1n) is 7.71. The number of rotatable bonds is 5. The molecule has 7 nitrogen and oxygen atoms in total. The summed E-state index contributed by atoms with van der Waals surface area (Å²) in [7, 11) is 1.33. The van der Waals surface area contributed by atoms with Crippen LogP contribution in [0.5, 0.6) is 0 Å². The highest BCUT2D eigenvalue weighted by atomic mass is 16.5. The molecule has 0 N–H and O–H groups in total. The molecule has 25 heavy (non-hydrogen) atoms. The van der Waals surface area contributed by atoms with Gasteiger partial charge in [0.25, 0.3) is 0 Å². The molecular weight excluding hydrogens is 320 g/mol. The number of carbonyl (C=O) groups is 1. The van der Waals surface area contributed by atoms with Gasteiger partial charge in [-0.1, -0.05) is 41.5 Å². The van der Waals surface area contributed by atoms with E-state index >= 15 is 0 Å². The first-order chi connectivity index (χ1) is 12.2. The molecule has 0 saturated carbocycles. The number of methoxy groups -OCH3 is 1. The number of benzene rings is 2. The lowest BCUT2D eigenvalue weighted by atomic mass is 9.98. The maximum atomic E-state index is 11.6. The molecule has 0 radical (unpaired) electrons. The van der Waals surface area contributed by atoms with Crippen molar-refractivity contribution >= 4 is 11.9 Å². The fraction of sp³-hybridized carbons (Fsp3) is 0.222. The third kappa shape index (κ3) is 3.62. The van der Waals surface area contributed by atoms with Crippen molar-refractivity contribution in [2.24, 2.45) is 10.1 Å². The predicted octanol–water partition coefficient (Wildman–Crippen LogP) is 3.48. The fourth-order valence-corrected chi connectivity index (χ4v) is 2.66. The standard InChI is InChI=1S/C18H16N4O3/c1-24-18(23)16-11-25-17(21-16)13-7-4-6-12(9-13)15-8-3-2-5-14(15)10-20-22-19/h2-9,16H,10-11H2,1H3. The molecule has 1 atom stereocenters. The van der Waals surface area contributed by atoms with Gasteiger partial charge in [0.1, 0.15) is 6.61 Å². The van der Waals surface area contributed by atoms with E-state index in [1.54, 1.807) is 0 Å². The van der Waals surface area contributed by atoms with Crippen LogP contribution in [-0.4, -0.2) is 31.6 Å². The molecule has 0 aromatic heterocycles. The molecular formula is C18H16N4O3. The van der Waals surface area contributed by atoms with Gasteiger partial charge in [0, 0.05) is 10.5 Å². The molecule has 3 rings (SSSR count). The Labute approximate surface area is 144 Å². The third-order valence-corrected chi connectivity index (χ3v) is 3.87. The fourth-order valence-electron chi connectivity index (χ4n) is 2.66. The maximum absolute atomic E-state index is 11.6. The van der Waals surface area contributed by atoms with Crippen molar-refractivity contribution in [2.45, 2.75) is 12.6 Å². The van der Waals surface area contributed by atoms with Crippen LogP contribution in [0.3, 0.4) is 0 Å². The Bertz CT molecular complexity index is 872. The van der Waals surface area contributed by atoms with E-state index in [4.69, 9.17) is 15.0 Å². The van der Waals surface area contributed by atoms with Gasteiger partial charge in [-0.3, -0.25) is 0 Å². The number of ether oxygens (including phenoxy) is 2. The molecule has 0 fully saturated rings. The van der Waals surface area contributed by atoms with E-state index in [0.29, 0.717) is 5.90 Å². The zero-order valence-electron chi connectivity index (χ0n) is 13.6. The molecule has 1 heterocycles. The van der Waals surface area contributed by atoms with E-state index in [-0.39, 0.29) is 13.2 Å². The Balaban J connectivity index is 1.93. The lowest BCUT2D eigenvalue weighted by Crippen LogP contribution is -2.21. The summed E-state index contributed by atoms with van der Waals surface area (Å²) in [6, 6.07) is 14.8. The van der Waals surface area contributed by atoms with Gasteiger partial charge < -0.3 is 9.47 Å². The molecule has 0 amide bonds. The van der Waals surface area contributed by atoms with Crippen LogP contribution in [0, 0.1) is 0 Å². The van der Waals surface area contributed by atoms with E-state index in [9.17, 15) is 4.79 Å². The van der Waals surface area contributed by atoms with Crippen LogP contribution in [0.15, 0.2) is 58.6 Å². The lowest BCUT2D eigenvalue weighted by Gasteiger charge is -2.09. The van der Waals surface area contributed by atoms with Crippen LogP contribution in [0.25, 0.3) is 21.6 Å². The summed E-state index contributed by atoms with van der Waals surface area (Å²) in [5, 5.41) is 3.65. The van der Waals surface area contributed by atoms with Crippen LogP contribution in [0.2, 0.25) is 0 Å². The van der Waals surface area contributed by atoms with Crippen molar-refractivity contribution < 1.29 is 14.3 Å². The summed E-state index contributed by atoms with van der Waals surface area (Å²) in [5.41, 5.74) is 12.2. The second-order valence-corrected chi connectivity index (χ2v) is 5.41. The number of nitrogens with zero attached hydrogens (tertiary/aromatic N) is 4. The van der Waals surface area contributed by atoms with E-state index in [1.165, 1.54) is 7.11 Å². The minimum atomic E-state index is -0.624. The quantitative estimate of drug-likeness (QED) is 0.362. The highest BCUT2D eigenvalue weighted by molar-refractivity contribution is 5.98. The van der Waals surface area contributed by atoms with Crippen molar-refractivity contribution in [3.05, 3.63) is 70.1 Å². The maximum Gasteiger partial charge on any atom is 0.334 e. The first-order valence-corrected chi connectivity index (χ1v) is 7.71. The molecule has 1 aliphatic heterocycles. The summed E-state index contributed by atoms with van der Waals surface area (Å²) >= 11 is 0. The van der Waals surface area contributed by atoms with E-state index in [0.717, 1.165) is 22.3 Å². The smallest absolute Gasteiger partial charge is 0.334 e. The Hall–Kier alpha value is -3.31. The molecule has 1 unspecified atom stereocenters. The molecule has 0 saturated heterocycles. The van der Waals surface area contributed by atoms with Gasteiger partial charge in [-0.2, -0.15) is 0 Å². The monoisotopic (exact) mass is 336 g/mol. The van der Waals surface area contributed by atoms with Gasteiger partial charge in [-0.15, -0.1) is 0 Å². The van der Waals surface area contributed by atoms with E-state index in [2.05, 4.69) is 15.0 Å². The van der Waals surface area contributed by atoms with E-state index in [1.807, 2.05) is 48.5 Å². The first kappa shape index (κ1) is 16.5. The number of carbonyl (C=O) groups excluding carboxylic acids is 1. The summed E-state index contributed by atoms with van der Waals surface area (Å²) in [4.78, 5) is 18.7. The lowest BCUT2D eigenvalue weighted by molar-refractivity contribution is -0.142. The number of azide groups is 1. The molecule has 0 aliphatic carbocycles. The van der Waals surface area contributed by atoms with Crippen molar-refractivity contribution in [3.63, 3.8) is 0 Å². The summed E-state index contributed by atoms with van der Waals surface area (Å²) in [6.45, 7) is 0.457.